The predicted octanol–water partition coefficient (Wildman–Crippen LogP) is 2.41. The van der Waals surface area contributed by atoms with Crippen molar-refractivity contribution in [2.45, 2.75) is 63.5 Å². The summed E-state index contributed by atoms with van der Waals surface area (Å²) in [6, 6.07) is 0.495. The molecular weight excluding hydrogens is 198 g/mol. The van der Waals surface area contributed by atoms with Crippen molar-refractivity contribution in [2.75, 3.05) is 13.1 Å². The molecule has 0 aromatic carbocycles. The second-order valence-electron chi connectivity index (χ2n) is 6.26. The molecule has 0 saturated heterocycles. The van der Waals surface area contributed by atoms with E-state index in [4.69, 9.17) is 0 Å². The third-order valence-electron chi connectivity index (χ3n) is 4.54. The van der Waals surface area contributed by atoms with Gasteiger partial charge in [-0.05, 0) is 50.4 Å². The smallest absolute Gasteiger partial charge is 0.0695 e. The van der Waals surface area contributed by atoms with Crippen LogP contribution in [0.15, 0.2) is 0 Å². The van der Waals surface area contributed by atoms with Crippen LogP contribution in [0.2, 0.25) is 0 Å². The van der Waals surface area contributed by atoms with Gasteiger partial charge < -0.3 is 5.11 Å². The van der Waals surface area contributed by atoms with Crippen LogP contribution in [0.3, 0.4) is 0 Å². The number of nitrogens with zero attached hydrogens (tertiary/aromatic N) is 1. The SMILES string of the molecule is OC1CCCCC1N(CC1CC1)CC1CC1. The Morgan fingerprint density at radius 3 is 1.88 bits per heavy atom. The van der Waals surface area contributed by atoms with Crippen molar-refractivity contribution in [3.8, 4) is 0 Å². The molecule has 2 atom stereocenters. The minimum atomic E-state index is -0.0359. The monoisotopic (exact) mass is 223 g/mol. The Morgan fingerprint density at radius 2 is 1.38 bits per heavy atom. The summed E-state index contributed by atoms with van der Waals surface area (Å²) in [6.07, 6.45) is 10.5. The maximum atomic E-state index is 10.2. The first-order chi connectivity index (χ1) is 7.83. The van der Waals surface area contributed by atoms with Crippen LogP contribution in [0, 0.1) is 11.8 Å². The first-order valence-electron chi connectivity index (χ1n) is 7.25. The van der Waals surface area contributed by atoms with E-state index in [9.17, 15) is 5.11 Å². The van der Waals surface area contributed by atoms with Crippen LogP contribution in [0.1, 0.15) is 51.4 Å². The van der Waals surface area contributed by atoms with Crippen LogP contribution in [0.5, 0.6) is 0 Å². The van der Waals surface area contributed by atoms with Gasteiger partial charge in [-0.15, -0.1) is 0 Å². The Hall–Kier alpha value is -0.0800. The van der Waals surface area contributed by atoms with Crippen LogP contribution < -0.4 is 0 Å². The molecule has 3 fully saturated rings. The van der Waals surface area contributed by atoms with Gasteiger partial charge >= 0.3 is 0 Å². The number of aliphatic hydroxyl groups excluding tert-OH is 1. The molecule has 2 nitrogen and oxygen atoms in total. The summed E-state index contributed by atoms with van der Waals surface area (Å²) in [7, 11) is 0. The molecule has 0 bridgehead atoms. The van der Waals surface area contributed by atoms with Gasteiger partial charge in [-0.25, -0.2) is 0 Å². The average Bonchev–Trinajstić information content (AvgIpc) is 3.12. The highest BCUT2D eigenvalue weighted by Crippen LogP contribution is 2.36. The zero-order valence-electron chi connectivity index (χ0n) is 10.3. The van der Waals surface area contributed by atoms with E-state index < -0.39 is 0 Å². The Labute approximate surface area is 99.0 Å². The summed E-state index contributed by atoms with van der Waals surface area (Å²) in [5.74, 6) is 1.93. The van der Waals surface area contributed by atoms with Crippen LogP contribution in [-0.2, 0) is 0 Å². The highest BCUT2D eigenvalue weighted by Gasteiger charge is 2.35. The molecule has 2 heteroatoms. The predicted molar refractivity (Wildman–Crippen MR) is 65.3 cm³/mol. The molecule has 2 unspecified atom stereocenters. The van der Waals surface area contributed by atoms with Gasteiger partial charge in [-0.2, -0.15) is 0 Å². The van der Waals surface area contributed by atoms with Crippen molar-refractivity contribution in [3.05, 3.63) is 0 Å². The van der Waals surface area contributed by atoms with Crippen molar-refractivity contribution < 1.29 is 5.11 Å². The Bertz CT molecular complexity index is 221. The zero-order valence-corrected chi connectivity index (χ0v) is 10.3. The molecule has 0 aliphatic heterocycles. The Kier molecular flexibility index (Phi) is 3.21. The van der Waals surface area contributed by atoms with Crippen molar-refractivity contribution in [3.63, 3.8) is 0 Å². The number of hydrogen-bond acceptors (Lipinski definition) is 2. The second-order valence-corrected chi connectivity index (χ2v) is 6.26. The van der Waals surface area contributed by atoms with Crippen molar-refractivity contribution >= 4 is 0 Å². The van der Waals surface area contributed by atoms with Crippen LogP contribution in [-0.4, -0.2) is 35.2 Å². The first kappa shape index (κ1) is 11.0. The lowest BCUT2D eigenvalue weighted by Crippen LogP contribution is -2.47. The minimum Gasteiger partial charge on any atom is -0.391 e. The molecule has 0 aromatic rings. The standard InChI is InChI=1S/C14H25NO/c16-14-4-2-1-3-13(14)15(9-11-5-6-11)10-12-7-8-12/h11-14,16H,1-10H2. The maximum Gasteiger partial charge on any atom is 0.0695 e. The van der Waals surface area contributed by atoms with Gasteiger partial charge in [-0.3, -0.25) is 4.90 Å². The summed E-state index contributed by atoms with van der Waals surface area (Å²) in [5, 5.41) is 10.2. The minimum absolute atomic E-state index is 0.0359. The average molecular weight is 223 g/mol. The normalized spacial score (nSPS) is 35.6. The molecule has 3 saturated carbocycles. The van der Waals surface area contributed by atoms with E-state index >= 15 is 0 Å². The molecule has 3 aliphatic carbocycles. The summed E-state index contributed by atoms with van der Waals surface area (Å²) in [5.41, 5.74) is 0. The van der Waals surface area contributed by atoms with Gasteiger partial charge in [0.15, 0.2) is 0 Å². The van der Waals surface area contributed by atoms with E-state index in [1.54, 1.807) is 0 Å². The van der Waals surface area contributed by atoms with E-state index in [1.807, 2.05) is 0 Å². The summed E-state index contributed by atoms with van der Waals surface area (Å²) in [4.78, 5) is 2.65. The van der Waals surface area contributed by atoms with E-state index in [0.29, 0.717) is 6.04 Å². The topological polar surface area (TPSA) is 23.5 Å². The molecule has 0 heterocycles. The van der Waals surface area contributed by atoms with Gasteiger partial charge in [0.05, 0.1) is 6.10 Å². The molecule has 3 rings (SSSR count). The largest absolute Gasteiger partial charge is 0.391 e. The summed E-state index contributed by atoms with van der Waals surface area (Å²) < 4.78 is 0. The quantitative estimate of drug-likeness (QED) is 0.773. The highest BCUT2D eigenvalue weighted by molar-refractivity contribution is 4.89. The van der Waals surface area contributed by atoms with Gasteiger partial charge in [0, 0.05) is 19.1 Å². The van der Waals surface area contributed by atoms with Gasteiger partial charge in [-0.1, -0.05) is 12.8 Å². The fraction of sp³-hybridized carbons (Fsp3) is 1.00. The Morgan fingerprint density at radius 1 is 0.812 bits per heavy atom. The fourth-order valence-corrected chi connectivity index (χ4v) is 3.13. The van der Waals surface area contributed by atoms with Crippen molar-refractivity contribution in [1.29, 1.82) is 0 Å². The van der Waals surface area contributed by atoms with Gasteiger partial charge in [0.1, 0.15) is 0 Å². The number of aliphatic hydroxyl groups is 1. The zero-order chi connectivity index (χ0) is 11.0. The van der Waals surface area contributed by atoms with E-state index in [1.165, 1.54) is 58.0 Å². The summed E-state index contributed by atoms with van der Waals surface area (Å²) >= 11 is 0. The number of hydrogen-bond donors (Lipinski definition) is 1. The molecule has 0 radical (unpaired) electrons. The highest BCUT2D eigenvalue weighted by atomic mass is 16.3. The third kappa shape index (κ3) is 2.78. The number of rotatable bonds is 5. The lowest BCUT2D eigenvalue weighted by atomic mass is 9.91. The van der Waals surface area contributed by atoms with Crippen molar-refractivity contribution in [1.82, 2.24) is 4.90 Å². The van der Waals surface area contributed by atoms with Crippen LogP contribution >= 0.6 is 0 Å². The molecule has 92 valence electrons. The lowest BCUT2D eigenvalue weighted by Gasteiger charge is -2.38. The molecule has 0 amide bonds. The van der Waals surface area contributed by atoms with Gasteiger partial charge in [0.2, 0.25) is 0 Å². The van der Waals surface area contributed by atoms with E-state index in [2.05, 4.69) is 4.90 Å². The van der Waals surface area contributed by atoms with Gasteiger partial charge in [0.25, 0.3) is 0 Å². The summed E-state index contributed by atoms with van der Waals surface area (Å²) in [6.45, 7) is 2.55. The molecule has 1 N–H and O–H groups in total. The molecule has 0 aromatic heterocycles. The molecule has 3 aliphatic rings. The first-order valence-corrected chi connectivity index (χ1v) is 7.25. The third-order valence-corrected chi connectivity index (χ3v) is 4.54. The molecular formula is C14H25NO. The molecule has 16 heavy (non-hydrogen) atoms. The fourth-order valence-electron chi connectivity index (χ4n) is 3.13. The van der Waals surface area contributed by atoms with E-state index in [0.717, 1.165) is 18.3 Å². The second kappa shape index (κ2) is 4.66. The maximum absolute atomic E-state index is 10.2. The molecule has 0 spiro atoms. The van der Waals surface area contributed by atoms with Crippen LogP contribution in [0.4, 0.5) is 0 Å². The van der Waals surface area contributed by atoms with Crippen molar-refractivity contribution in [2.24, 2.45) is 11.8 Å². The Balaban J connectivity index is 1.59. The lowest BCUT2D eigenvalue weighted by molar-refractivity contribution is 0.0153. The van der Waals surface area contributed by atoms with Crippen LogP contribution in [0.25, 0.3) is 0 Å². The van der Waals surface area contributed by atoms with E-state index in [-0.39, 0.29) is 6.10 Å².